The fourth-order valence-corrected chi connectivity index (χ4v) is 8.54. The molecular weight excluding hydrogens is 340 g/mol. The number of hydrogen-bond acceptors (Lipinski definition) is 4. The second-order valence-corrected chi connectivity index (χ2v) is 10.6. The molecule has 1 saturated heterocycles. The van der Waals surface area contributed by atoms with E-state index in [9.17, 15) is 0 Å². The molecule has 5 aliphatic rings. The van der Waals surface area contributed by atoms with Crippen molar-refractivity contribution in [3.8, 4) is 0 Å². The third kappa shape index (κ3) is 2.36. The van der Waals surface area contributed by atoms with Crippen molar-refractivity contribution in [2.24, 2.45) is 34.5 Å². The molecule has 0 bridgehead atoms. The van der Waals surface area contributed by atoms with Crippen molar-refractivity contribution in [3.05, 3.63) is 0 Å². The zero-order valence-corrected chi connectivity index (χ0v) is 17.7. The summed E-state index contributed by atoms with van der Waals surface area (Å²) >= 11 is 0. The van der Waals surface area contributed by atoms with Crippen LogP contribution in [0.4, 0.5) is 0 Å². The Kier molecular flexibility index (Phi) is 4.30. The minimum atomic E-state index is -0.344. The van der Waals surface area contributed by atoms with Crippen LogP contribution in [0, 0.1) is 34.5 Å². The van der Waals surface area contributed by atoms with Gasteiger partial charge in [0.15, 0.2) is 11.6 Å². The van der Waals surface area contributed by atoms with Crippen LogP contribution in [-0.2, 0) is 18.9 Å². The first-order valence-corrected chi connectivity index (χ1v) is 11.3. The van der Waals surface area contributed by atoms with E-state index in [1.54, 1.807) is 0 Å². The normalized spacial score (nSPS) is 50.2. The fraction of sp³-hybridized carbons (Fsp3) is 1.00. The number of fused-ring (bicyclic) bond motifs is 6. The highest BCUT2D eigenvalue weighted by atomic mass is 16.7. The van der Waals surface area contributed by atoms with Crippen LogP contribution >= 0.6 is 0 Å². The molecule has 4 heteroatoms. The van der Waals surface area contributed by atoms with Crippen molar-refractivity contribution < 1.29 is 18.9 Å². The topological polar surface area (TPSA) is 36.9 Å². The quantitative estimate of drug-likeness (QED) is 0.649. The molecule has 0 N–H and O–H groups in total. The zero-order chi connectivity index (χ0) is 18.9. The SMILES string of the molecule is COC1(OC)CC[C@@]2(C)C(CC[C@@H]3[C@@H]2CC[C@@]2(C)[C@H]3CCC23OCCO3)C1. The summed E-state index contributed by atoms with van der Waals surface area (Å²) in [5, 5.41) is 0. The monoisotopic (exact) mass is 378 g/mol. The molecule has 1 spiro atoms. The predicted octanol–water partition coefficient (Wildman–Crippen LogP) is 4.76. The molecule has 1 aliphatic heterocycles. The Morgan fingerprint density at radius 3 is 2.19 bits per heavy atom. The maximum absolute atomic E-state index is 6.29. The molecule has 1 unspecified atom stereocenters. The van der Waals surface area contributed by atoms with E-state index in [0.29, 0.717) is 5.41 Å². The Bertz CT molecular complexity index is 581. The van der Waals surface area contributed by atoms with Crippen molar-refractivity contribution in [2.75, 3.05) is 27.4 Å². The molecule has 27 heavy (non-hydrogen) atoms. The molecule has 4 saturated carbocycles. The minimum absolute atomic E-state index is 0.214. The van der Waals surface area contributed by atoms with Gasteiger partial charge in [0, 0.05) is 38.9 Å². The molecule has 5 fully saturated rings. The van der Waals surface area contributed by atoms with Gasteiger partial charge in [-0.25, -0.2) is 0 Å². The molecule has 0 amide bonds. The molecule has 0 aromatic heterocycles. The van der Waals surface area contributed by atoms with E-state index >= 15 is 0 Å². The van der Waals surface area contributed by atoms with Crippen LogP contribution in [-0.4, -0.2) is 39.0 Å². The smallest absolute Gasteiger partial charge is 0.174 e. The van der Waals surface area contributed by atoms with Crippen LogP contribution in [0.2, 0.25) is 0 Å². The molecular formula is C23H38O4. The van der Waals surface area contributed by atoms with Crippen molar-refractivity contribution >= 4 is 0 Å². The molecule has 5 rings (SSSR count). The zero-order valence-electron chi connectivity index (χ0n) is 17.7. The summed E-state index contributed by atoms with van der Waals surface area (Å²) in [6.07, 6.45) is 11.0. The molecule has 0 radical (unpaired) electrons. The summed E-state index contributed by atoms with van der Waals surface area (Å²) in [4.78, 5) is 0. The van der Waals surface area contributed by atoms with Gasteiger partial charge in [0.2, 0.25) is 0 Å². The van der Waals surface area contributed by atoms with E-state index in [-0.39, 0.29) is 17.0 Å². The highest BCUT2D eigenvalue weighted by Gasteiger charge is 2.67. The van der Waals surface area contributed by atoms with Gasteiger partial charge < -0.3 is 18.9 Å². The van der Waals surface area contributed by atoms with E-state index in [1.807, 2.05) is 14.2 Å². The Morgan fingerprint density at radius 1 is 0.778 bits per heavy atom. The highest BCUT2D eigenvalue weighted by Crippen LogP contribution is 2.70. The van der Waals surface area contributed by atoms with Gasteiger partial charge in [-0.3, -0.25) is 0 Å². The number of hydrogen-bond donors (Lipinski definition) is 0. The van der Waals surface area contributed by atoms with Gasteiger partial charge in [-0.1, -0.05) is 13.8 Å². The van der Waals surface area contributed by atoms with Crippen molar-refractivity contribution in [3.63, 3.8) is 0 Å². The third-order valence-corrected chi connectivity index (χ3v) is 10.2. The summed E-state index contributed by atoms with van der Waals surface area (Å²) in [6, 6.07) is 0. The lowest BCUT2D eigenvalue weighted by molar-refractivity contribution is -0.271. The predicted molar refractivity (Wildman–Crippen MR) is 103 cm³/mol. The Hall–Kier alpha value is -0.160. The summed E-state index contributed by atoms with van der Waals surface area (Å²) in [7, 11) is 3.65. The summed E-state index contributed by atoms with van der Waals surface area (Å²) in [6.45, 7) is 6.65. The van der Waals surface area contributed by atoms with Gasteiger partial charge in [-0.2, -0.15) is 0 Å². The molecule has 154 valence electrons. The Balaban J connectivity index is 1.41. The second-order valence-electron chi connectivity index (χ2n) is 10.6. The van der Waals surface area contributed by atoms with E-state index in [2.05, 4.69) is 13.8 Å². The second kappa shape index (κ2) is 6.17. The lowest BCUT2D eigenvalue weighted by atomic mass is 9.44. The van der Waals surface area contributed by atoms with Crippen molar-refractivity contribution in [1.82, 2.24) is 0 Å². The fourth-order valence-electron chi connectivity index (χ4n) is 8.54. The molecule has 0 aromatic rings. The molecule has 0 aromatic carbocycles. The van der Waals surface area contributed by atoms with Gasteiger partial charge in [-0.05, 0) is 67.6 Å². The van der Waals surface area contributed by atoms with Crippen LogP contribution < -0.4 is 0 Å². The number of ether oxygens (including phenoxy) is 4. The van der Waals surface area contributed by atoms with Gasteiger partial charge in [0.05, 0.1) is 13.2 Å². The van der Waals surface area contributed by atoms with Crippen LogP contribution in [0.1, 0.15) is 71.6 Å². The molecule has 1 heterocycles. The number of methoxy groups -OCH3 is 2. The van der Waals surface area contributed by atoms with Gasteiger partial charge in [0.1, 0.15) is 0 Å². The molecule has 4 nitrogen and oxygen atoms in total. The lowest BCUT2D eigenvalue weighted by Crippen LogP contribution is -2.58. The average molecular weight is 379 g/mol. The van der Waals surface area contributed by atoms with E-state index in [0.717, 1.165) is 56.1 Å². The minimum Gasteiger partial charge on any atom is -0.353 e. The first-order chi connectivity index (χ1) is 12.9. The van der Waals surface area contributed by atoms with Crippen LogP contribution in [0.25, 0.3) is 0 Å². The maximum atomic E-state index is 6.29. The maximum Gasteiger partial charge on any atom is 0.174 e. The standard InChI is InChI=1S/C23H38O4/c1-20-11-12-22(24-3,25-4)15-16(20)5-6-17-18(20)7-9-21(2)19(17)8-10-23(21)26-13-14-27-23/h16-19H,5-15H2,1-4H3/t16?,17-,18+,19+,20+,21+/m1/s1. The Labute approximate surface area is 164 Å². The molecule has 6 atom stereocenters. The summed E-state index contributed by atoms with van der Waals surface area (Å²) in [5.41, 5.74) is 0.656. The van der Waals surface area contributed by atoms with E-state index < -0.39 is 0 Å². The van der Waals surface area contributed by atoms with Crippen molar-refractivity contribution in [2.45, 2.75) is 83.2 Å². The summed E-state index contributed by atoms with van der Waals surface area (Å²) in [5.74, 6) is 2.57. The first-order valence-electron chi connectivity index (χ1n) is 11.3. The van der Waals surface area contributed by atoms with Gasteiger partial charge in [0.25, 0.3) is 0 Å². The summed E-state index contributed by atoms with van der Waals surface area (Å²) < 4.78 is 24.3. The van der Waals surface area contributed by atoms with E-state index in [4.69, 9.17) is 18.9 Å². The van der Waals surface area contributed by atoms with Crippen LogP contribution in [0.15, 0.2) is 0 Å². The van der Waals surface area contributed by atoms with Gasteiger partial charge >= 0.3 is 0 Å². The number of rotatable bonds is 2. The van der Waals surface area contributed by atoms with E-state index in [1.165, 1.54) is 38.5 Å². The molecule has 4 aliphatic carbocycles. The van der Waals surface area contributed by atoms with Crippen LogP contribution in [0.3, 0.4) is 0 Å². The lowest BCUT2D eigenvalue weighted by Gasteiger charge is -2.62. The Morgan fingerprint density at radius 2 is 1.48 bits per heavy atom. The highest BCUT2D eigenvalue weighted by molar-refractivity contribution is 5.13. The van der Waals surface area contributed by atoms with Crippen LogP contribution in [0.5, 0.6) is 0 Å². The third-order valence-electron chi connectivity index (χ3n) is 10.2. The van der Waals surface area contributed by atoms with Crippen molar-refractivity contribution in [1.29, 1.82) is 0 Å². The largest absolute Gasteiger partial charge is 0.353 e. The first kappa shape index (κ1) is 18.8. The van der Waals surface area contributed by atoms with Gasteiger partial charge in [-0.15, -0.1) is 0 Å². The average Bonchev–Trinajstić information content (AvgIpc) is 3.28.